The summed E-state index contributed by atoms with van der Waals surface area (Å²) < 4.78 is 11.2. The first-order chi connectivity index (χ1) is 12.1. The molecule has 0 bridgehead atoms. The molecule has 0 fully saturated rings. The van der Waals surface area contributed by atoms with Gasteiger partial charge < -0.3 is 14.8 Å². The molecule has 1 aromatic rings. The highest BCUT2D eigenvalue weighted by molar-refractivity contribution is 5.88. The summed E-state index contributed by atoms with van der Waals surface area (Å²) in [4.78, 5) is 16.6. The number of allylic oxidation sites excluding steroid dienone is 3. The summed E-state index contributed by atoms with van der Waals surface area (Å²) in [6.07, 6.45) is 6.50. The van der Waals surface area contributed by atoms with Gasteiger partial charge in [-0.1, -0.05) is 6.92 Å². The van der Waals surface area contributed by atoms with E-state index in [0.29, 0.717) is 18.2 Å². The highest BCUT2D eigenvalue weighted by atomic mass is 16.7. The van der Waals surface area contributed by atoms with Crippen LogP contribution in [-0.4, -0.2) is 31.9 Å². The fourth-order valence-corrected chi connectivity index (χ4v) is 2.89. The molecule has 2 aliphatic rings. The summed E-state index contributed by atoms with van der Waals surface area (Å²) >= 11 is 0. The first kappa shape index (κ1) is 17.1. The van der Waals surface area contributed by atoms with Crippen LogP contribution >= 0.6 is 0 Å². The Bertz CT molecular complexity index is 734. The van der Waals surface area contributed by atoms with Crippen molar-refractivity contribution in [2.45, 2.75) is 13.3 Å². The summed E-state index contributed by atoms with van der Waals surface area (Å²) in [5, 5.41) is 3.85. The molecule has 1 aliphatic carbocycles. The highest BCUT2D eigenvalue weighted by Crippen LogP contribution is 2.38. The number of urea groups is 1. The van der Waals surface area contributed by atoms with Gasteiger partial charge in [0, 0.05) is 12.7 Å². The summed E-state index contributed by atoms with van der Waals surface area (Å²) in [5.74, 6) is 1.20. The normalized spacial score (nSPS) is 18.4. The molecule has 0 saturated carbocycles. The third kappa shape index (κ3) is 3.85. The highest BCUT2D eigenvalue weighted by Gasteiger charge is 2.26. The minimum atomic E-state index is -0.339. The van der Waals surface area contributed by atoms with Crippen LogP contribution in [0.1, 0.15) is 13.3 Å². The summed E-state index contributed by atoms with van der Waals surface area (Å²) in [7, 11) is 2.97. The van der Waals surface area contributed by atoms with Crippen LogP contribution in [-0.2, 0) is 9.57 Å². The quantitative estimate of drug-likeness (QED) is 0.826. The second-order valence-electron chi connectivity index (χ2n) is 6.05. The van der Waals surface area contributed by atoms with Gasteiger partial charge in [-0.05, 0) is 59.4 Å². The standard InChI is InChI=1S/C19H22N2O4/c1-13-10-14-11-24-9-8-17(14)18(13)12-25-16-6-4-15(5-7-16)20-19(22)21(2)23-3/h4-9,11,13H,10,12H2,1-3H3,(H,20,22). The van der Waals surface area contributed by atoms with Crippen molar-refractivity contribution >= 4 is 11.7 Å². The van der Waals surface area contributed by atoms with Crippen LogP contribution in [0.25, 0.3) is 0 Å². The van der Waals surface area contributed by atoms with E-state index in [0.717, 1.165) is 17.2 Å². The molecule has 3 rings (SSSR count). The number of amides is 2. The van der Waals surface area contributed by atoms with Crippen LogP contribution < -0.4 is 10.1 Å². The zero-order valence-electron chi connectivity index (χ0n) is 14.6. The van der Waals surface area contributed by atoms with Crippen molar-refractivity contribution in [3.05, 3.63) is 59.6 Å². The number of anilines is 1. The molecule has 0 radical (unpaired) electrons. The molecule has 25 heavy (non-hydrogen) atoms. The number of rotatable bonds is 5. The van der Waals surface area contributed by atoms with Gasteiger partial charge in [-0.2, -0.15) is 0 Å². The molecular formula is C19H22N2O4. The largest absolute Gasteiger partial charge is 0.489 e. The Hall–Kier alpha value is -2.73. The van der Waals surface area contributed by atoms with Crippen molar-refractivity contribution in [2.24, 2.45) is 5.92 Å². The number of carbonyl (C=O) groups excluding carboxylic acids is 1. The Morgan fingerprint density at radius 1 is 1.36 bits per heavy atom. The monoisotopic (exact) mass is 342 g/mol. The Morgan fingerprint density at radius 3 is 2.84 bits per heavy atom. The van der Waals surface area contributed by atoms with Gasteiger partial charge in [0.2, 0.25) is 0 Å². The van der Waals surface area contributed by atoms with Gasteiger partial charge in [-0.25, -0.2) is 9.86 Å². The third-order valence-corrected chi connectivity index (χ3v) is 4.40. The van der Waals surface area contributed by atoms with Crippen molar-refractivity contribution in [3.63, 3.8) is 0 Å². The van der Waals surface area contributed by atoms with Gasteiger partial charge in [0.25, 0.3) is 0 Å². The Morgan fingerprint density at radius 2 is 2.12 bits per heavy atom. The number of hydroxylamine groups is 2. The molecule has 2 amide bonds. The summed E-state index contributed by atoms with van der Waals surface area (Å²) in [6.45, 7) is 2.74. The van der Waals surface area contributed by atoms with Crippen LogP contribution in [0.4, 0.5) is 10.5 Å². The fraction of sp³-hybridized carbons (Fsp3) is 0.316. The van der Waals surface area contributed by atoms with E-state index in [1.54, 1.807) is 18.4 Å². The van der Waals surface area contributed by atoms with Gasteiger partial charge in [-0.15, -0.1) is 0 Å². The maximum Gasteiger partial charge on any atom is 0.345 e. The fourth-order valence-electron chi connectivity index (χ4n) is 2.89. The van der Waals surface area contributed by atoms with E-state index in [1.165, 1.54) is 30.9 Å². The molecule has 6 nitrogen and oxygen atoms in total. The number of ether oxygens (including phenoxy) is 2. The topological polar surface area (TPSA) is 60.0 Å². The van der Waals surface area contributed by atoms with E-state index in [2.05, 4.69) is 12.2 Å². The van der Waals surface area contributed by atoms with Crippen LogP contribution in [0.2, 0.25) is 0 Å². The van der Waals surface area contributed by atoms with Crippen molar-refractivity contribution in [1.82, 2.24) is 5.06 Å². The number of hydrogen-bond donors (Lipinski definition) is 1. The third-order valence-electron chi connectivity index (χ3n) is 4.40. The lowest BCUT2D eigenvalue weighted by molar-refractivity contribution is -0.0598. The SMILES string of the molecule is CON(C)C(=O)Nc1ccc(OCC2=C3C=COC=C3CC2C)cc1. The Balaban J connectivity index is 1.61. The molecule has 1 aliphatic heterocycles. The number of nitrogens with zero attached hydrogens (tertiary/aromatic N) is 1. The van der Waals surface area contributed by atoms with Gasteiger partial charge in [0.05, 0.1) is 19.6 Å². The van der Waals surface area contributed by atoms with E-state index in [4.69, 9.17) is 14.3 Å². The summed E-state index contributed by atoms with van der Waals surface area (Å²) in [5.41, 5.74) is 4.42. The molecule has 6 heteroatoms. The van der Waals surface area contributed by atoms with E-state index in [9.17, 15) is 4.79 Å². The van der Waals surface area contributed by atoms with E-state index in [1.807, 2.05) is 24.5 Å². The number of benzene rings is 1. The Labute approximate surface area is 147 Å². The number of carbonyl (C=O) groups is 1. The predicted octanol–water partition coefficient (Wildman–Crippen LogP) is 3.85. The zero-order valence-corrected chi connectivity index (χ0v) is 14.6. The molecule has 0 saturated heterocycles. The Kier molecular flexibility index (Phi) is 5.09. The molecule has 0 aromatic heterocycles. The molecule has 1 atom stereocenters. The summed E-state index contributed by atoms with van der Waals surface area (Å²) in [6, 6.07) is 6.93. The van der Waals surface area contributed by atoms with Crippen molar-refractivity contribution in [2.75, 3.05) is 26.1 Å². The lowest BCUT2D eigenvalue weighted by Gasteiger charge is -2.15. The van der Waals surface area contributed by atoms with Crippen LogP contribution in [0, 0.1) is 5.92 Å². The zero-order chi connectivity index (χ0) is 17.8. The second-order valence-corrected chi connectivity index (χ2v) is 6.05. The maximum absolute atomic E-state index is 11.7. The second kappa shape index (κ2) is 7.44. The first-order valence-corrected chi connectivity index (χ1v) is 8.14. The minimum absolute atomic E-state index is 0.339. The van der Waals surface area contributed by atoms with Crippen LogP contribution in [0.3, 0.4) is 0 Å². The first-order valence-electron chi connectivity index (χ1n) is 8.14. The van der Waals surface area contributed by atoms with E-state index in [-0.39, 0.29) is 6.03 Å². The molecule has 1 heterocycles. The van der Waals surface area contributed by atoms with Crippen molar-refractivity contribution in [3.8, 4) is 5.75 Å². The smallest absolute Gasteiger partial charge is 0.345 e. The van der Waals surface area contributed by atoms with Crippen molar-refractivity contribution in [1.29, 1.82) is 0 Å². The van der Waals surface area contributed by atoms with Crippen LogP contribution in [0.5, 0.6) is 5.75 Å². The van der Waals surface area contributed by atoms with E-state index < -0.39 is 0 Å². The van der Waals surface area contributed by atoms with Crippen molar-refractivity contribution < 1.29 is 19.1 Å². The maximum atomic E-state index is 11.7. The molecule has 1 aromatic carbocycles. The molecular weight excluding hydrogens is 320 g/mol. The number of nitrogens with one attached hydrogen (secondary N) is 1. The average molecular weight is 342 g/mol. The molecule has 132 valence electrons. The van der Waals surface area contributed by atoms with Gasteiger partial charge in [-0.3, -0.25) is 4.84 Å². The van der Waals surface area contributed by atoms with E-state index >= 15 is 0 Å². The minimum Gasteiger partial charge on any atom is -0.489 e. The van der Waals surface area contributed by atoms with Crippen LogP contribution in [0.15, 0.2) is 59.6 Å². The lowest BCUT2D eigenvalue weighted by atomic mass is 10.0. The molecule has 1 N–H and O–H groups in total. The van der Waals surface area contributed by atoms with Gasteiger partial charge >= 0.3 is 6.03 Å². The average Bonchev–Trinajstić information content (AvgIpc) is 2.95. The van der Waals surface area contributed by atoms with Gasteiger partial charge in [0.1, 0.15) is 12.4 Å². The lowest BCUT2D eigenvalue weighted by Crippen LogP contribution is -2.30. The predicted molar refractivity (Wildman–Crippen MR) is 94.8 cm³/mol. The number of fused-ring (bicyclic) bond motifs is 1. The number of hydrogen-bond acceptors (Lipinski definition) is 4. The molecule has 1 unspecified atom stereocenters. The van der Waals surface area contributed by atoms with Gasteiger partial charge in [0.15, 0.2) is 0 Å². The molecule has 0 spiro atoms.